The molecule has 0 bridgehead atoms. The zero-order valence-electron chi connectivity index (χ0n) is 22.9. The summed E-state index contributed by atoms with van der Waals surface area (Å²) in [6.45, 7) is 1.25. The van der Waals surface area contributed by atoms with Gasteiger partial charge in [-0.25, -0.2) is 4.39 Å². The molecular formula is C31H33FN4O5. The fraction of sp³-hybridized carbons (Fsp3) is 0.355. The standard InChI is InChI=1S/C31H33FN4O5/c1-40-26-10-8-22(9-11-26)15-35-18-27(41-21-24-6-2-3-7-28(24)32)19-36(20-30(35)38)31(39)25-13-29(37)34(17-25)16-23-5-4-12-33-14-23/h2-12,14,25,27H,13,15-21H2,1H3/t25-,27+/m0/s1. The number of carbonyl (C=O) groups is 3. The van der Waals surface area contributed by atoms with Crippen LogP contribution in [0.2, 0.25) is 0 Å². The number of benzene rings is 2. The summed E-state index contributed by atoms with van der Waals surface area (Å²) in [7, 11) is 1.59. The Balaban J connectivity index is 1.30. The number of amides is 3. The van der Waals surface area contributed by atoms with Crippen LogP contribution in [0, 0.1) is 11.7 Å². The third-order valence-corrected chi connectivity index (χ3v) is 7.46. The lowest BCUT2D eigenvalue weighted by molar-refractivity contribution is -0.141. The van der Waals surface area contributed by atoms with Gasteiger partial charge in [0.25, 0.3) is 0 Å². The molecule has 3 aromatic rings. The van der Waals surface area contributed by atoms with Gasteiger partial charge < -0.3 is 24.2 Å². The molecule has 10 heteroatoms. The molecule has 1 aromatic heterocycles. The van der Waals surface area contributed by atoms with Crippen LogP contribution >= 0.6 is 0 Å². The van der Waals surface area contributed by atoms with E-state index < -0.39 is 12.0 Å². The molecule has 0 aliphatic carbocycles. The van der Waals surface area contributed by atoms with E-state index in [4.69, 9.17) is 9.47 Å². The molecule has 0 radical (unpaired) electrons. The Kier molecular flexibility index (Phi) is 8.88. The highest BCUT2D eigenvalue weighted by atomic mass is 19.1. The molecule has 3 amide bonds. The monoisotopic (exact) mass is 560 g/mol. The van der Waals surface area contributed by atoms with E-state index in [-0.39, 0.29) is 62.7 Å². The van der Waals surface area contributed by atoms with Crippen molar-refractivity contribution in [1.29, 1.82) is 0 Å². The van der Waals surface area contributed by atoms with Crippen molar-refractivity contribution in [2.75, 3.05) is 33.3 Å². The number of hydrogen-bond donors (Lipinski definition) is 0. The minimum atomic E-state index is -0.563. The third-order valence-electron chi connectivity index (χ3n) is 7.46. The minimum absolute atomic E-state index is 0.00470. The van der Waals surface area contributed by atoms with Crippen molar-refractivity contribution in [2.24, 2.45) is 5.92 Å². The van der Waals surface area contributed by atoms with Gasteiger partial charge in [0.05, 0.1) is 32.3 Å². The topological polar surface area (TPSA) is 92.3 Å². The Morgan fingerprint density at radius 3 is 2.41 bits per heavy atom. The second-order valence-electron chi connectivity index (χ2n) is 10.4. The molecule has 2 aliphatic heterocycles. The van der Waals surface area contributed by atoms with Gasteiger partial charge >= 0.3 is 0 Å². The highest BCUT2D eigenvalue weighted by Gasteiger charge is 2.39. The largest absolute Gasteiger partial charge is 0.497 e. The molecule has 0 spiro atoms. The molecule has 2 aromatic carbocycles. The first-order chi connectivity index (χ1) is 19.9. The molecule has 0 unspecified atom stereocenters. The molecule has 5 rings (SSSR count). The van der Waals surface area contributed by atoms with Gasteiger partial charge in [-0.3, -0.25) is 19.4 Å². The summed E-state index contributed by atoms with van der Waals surface area (Å²) in [5, 5.41) is 0. The number of carbonyl (C=O) groups excluding carboxylic acids is 3. The van der Waals surface area contributed by atoms with Gasteiger partial charge in [-0.15, -0.1) is 0 Å². The van der Waals surface area contributed by atoms with Crippen LogP contribution in [-0.4, -0.2) is 76.8 Å². The maximum Gasteiger partial charge on any atom is 0.242 e. The lowest BCUT2D eigenvalue weighted by Gasteiger charge is -2.26. The van der Waals surface area contributed by atoms with Crippen LogP contribution < -0.4 is 4.74 Å². The Morgan fingerprint density at radius 1 is 0.927 bits per heavy atom. The number of ether oxygens (including phenoxy) is 2. The summed E-state index contributed by atoms with van der Waals surface area (Å²) in [4.78, 5) is 48.8. The Morgan fingerprint density at radius 2 is 1.68 bits per heavy atom. The first-order valence-corrected chi connectivity index (χ1v) is 13.6. The summed E-state index contributed by atoms with van der Waals surface area (Å²) >= 11 is 0. The van der Waals surface area contributed by atoms with Crippen molar-refractivity contribution in [3.05, 3.63) is 95.6 Å². The molecule has 3 heterocycles. The minimum Gasteiger partial charge on any atom is -0.497 e. The molecule has 41 heavy (non-hydrogen) atoms. The molecule has 2 fully saturated rings. The van der Waals surface area contributed by atoms with Gasteiger partial charge in [-0.1, -0.05) is 36.4 Å². The predicted octanol–water partition coefficient (Wildman–Crippen LogP) is 3.03. The fourth-order valence-corrected chi connectivity index (χ4v) is 5.24. The molecule has 0 saturated carbocycles. The lowest BCUT2D eigenvalue weighted by atomic mass is 10.1. The van der Waals surface area contributed by atoms with Crippen molar-refractivity contribution in [2.45, 2.75) is 32.2 Å². The molecule has 2 saturated heterocycles. The average Bonchev–Trinajstić information content (AvgIpc) is 3.27. The first-order valence-electron chi connectivity index (χ1n) is 13.6. The van der Waals surface area contributed by atoms with Crippen LogP contribution in [0.15, 0.2) is 73.1 Å². The maximum atomic E-state index is 14.3. The summed E-state index contributed by atoms with van der Waals surface area (Å²) < 4.78 is 25.6. The Bertz CT molecular complexity index is 1370. The van der Waals surface area contributed by atoms with Gasteiger partial charge in [-0.2, -0.15) is 0 Å². The van der Waals surface area contributed by atoms with Crippen molar-refractivity contribution < 1.29 is 28.2 Å². The van der Waals surface area contributed by atoms with E-state index in [0.717, 1.165) is 11.1 Å². The van der Waals surface area contributed by atoms with Gasteiger partial charge in [0.1, 0.15) is 11.6 Å². The second-order valence-corrected chi connectivity index (χ2v) is 10.4. The molecule has 9 nitrogen and oxygen atoms in total. The number of nitrogens with zero attached hydrogens (tertiary/aromatic N) is 4. The van der Waals surface area contributed by atoms with E-state index in [1.165, 1.54) is 11.0 Å². The molecule has 2 aliphatic rings. The van der Waals surface area contributed by atoms with Gasteiger partial charge in [0, 0.05) is 57.1 Å². The number of aromatic nitrogens is 1. The average molecular weight is 561 g/mol. The van der Waals surface area contributed by atoms with E-state index in [0.29, 0.717) is 24.4 Å². The van der Waals surface area contributed by atoms with Crippen molar-refractivity contribution in [3.63, 3.8) is 0 Å². The normalized spacial score (nSPS) is 19.4. The van der Waals surface area contributed by atoms with Crippen molar-refractivity contribution in [1.82, 2.24) is 19.7 Å². The summed E-state index contributed by atoms with van der Waals surface area (Å²) in [5.74, 6) is -0.816. The number of halogens is 1. The third kappa shape index (κ3) is 7.07. The zero-order valence-corrected chi connectivity index (χ0v) is 22.9. The van der Waals surface area contributed by atoms with Crippen LogP contribution in [-0.2, 0) is 38.8 Å². The molecule has 214 valence electrons. The number of hydrogen-bond acceptors (Lipinski definition) is 6. The molecule has 0 N–H and O–H groups in total. The molecule has 2 atom stereocenters. The van der Waals surface area contributed by atoms with Crippen LogP contribution in [0.3, 0.4) is 0 Å². The maximum absolute atomic E-state index is 14.3. The predicted molar refractivity (Wildman–Crippen MR) is 148 cm³/mol. The van der Waals surface area contributed by atoms with Crippen molar-refractivity contribution >= 4 is 17.7 Å². The quantitative estimate of drug-likeness (QED) is 0.400. The van der Waals surface area contributed by atoms with E-state index in [1.807, 2.05) is 30.3 Å². The Hall–Kier alpha value is -4.31. The number of rotatable bonds is 9. The number of likely N-dealkylation sites (tertiary alicyclic amines) is 1. The van der Waals surface area contributed by atoms with E-state index >= 15 is 0 Å². The smallest absolute Gasteiger partial charge is 0.242 e. The highest BCUT2D eigenvalue weighted by molar-refractivity contribution is 5.91. The summed E-state index contributed by atoms with van der Waals surface area (Å²) in [6, 6.07) is 17.5. The number of pyridine rings is 1. The van der Waals surface area contributed by atoms with Gasteiger partial charge in [0.15, 0.2) is 0 Å². The zero-order chi connectivity index (χ0) is 28.8. The van der Waals surface area contributed by atoms with Crippen LogP contribution in [0.1, 0.15) is 23.1 Å². The lowest BCUT2D eigenvalue weighted by Crippen LogP contribution is -2.43. The van der Waals surface area contributed by atoms with E-state index in [1.54, 1.807) is 53.6 Å². The molecular weight excluding hydrogens is 527 g/mol. The van der Waals surface area contributed by atoms with Gasteiger partial charge in [0.2, 0.25) is 17.7 Å². The first kappa shape index (κ1) is 28.2. The second kappa shape index (κ2) is 12.9. The van der Waals surface area contributed by atoms with E-state index in [2.05, 4.69) is 4.98 Å². The van der Waals surface area contributed by atoms with Crippen LogP contribution in [0.5, 0.6) is 5.75 Å². The Labute approximate surface area is 238 Å². The summed E-state index contributed by atoms with van der Waals surface area (Å²) in [6.07, 6.45) is 2.90. The van der Waals surface area contributed by atoms with Crippen LogP contribution in [0.25, 0.3) is 0 Å². The SMILES string of the molecule is COc1ccc(CN2C[C@@H](OCc3ccccc3F)CN(C(=O)[C@H]3CC(=O)N(Cc4cccnc4)C3)CC2=O)cc1. The fourth-order valence-electron chi connectivity index (χ4n) is 5.24. The summed E-state index contributed by atoms with van der Waals surface area (Å²) in [5.41, 5.74) is 2.18. The highest BCUT2D eigenvalue weighted by Crippen LogP contribution is 2.24. The van der Waals surface area contributed by atoms with Crippen LogP contribution in [0.4, 0.5) is 4.39 Å². The number of methoxy groups -OCH3 is 1. The van der Waals surface area contributed by atoms with Gasteiger partial charge in [-0.05, 0) is 35.4 Å². The van der Waals surface area contributed by atoms with Crippen molar-refractivity contribution in [3.8, 4) is 5.75 Å². The van der Waals surface area contributed by atoms with E-state index in [9.17, 15) is 18.8 Å².